The minimum Gasteiger partial charge on any atom is -0.377 e. The van der Waals surface area contributed by atoms with Crippen LogP contribution in [-0.2, 0) is 0 Å². The van der Waals surface area contributed by atoms with Gasteiger partial charge in [-0.25, -0.2) is 0 Å². The van der Waals surface area contributed by atoms with Crippen molar-refractivity contribution >= 4 is 0 Å². The molecule has 0 saturated carbocycles. The SMILES string of the molecule is C[C@@H]1C=CC=[C]N1. The van der Waals surface area contributed by atoms with Crippen LogP contribution in [-0.4, -0.2) is 6.04 Å². The summed E-state index contributed by atoms with van der Waals surface area (Å²) < 4.78 is 0. The van der Waals surface area contributed by atoms with E-state index in [0.29, 0.717) is 6.04 Å². The summed E-state index contributed by atoms with van der Waals surface area (Å²) in [4.78, 5) is 0. The predicted molar refractivity (Wildman–Crippen MR) is 29.6 cm³/mol. The zero-order chi connectivity index (χ0) is 5.11. The number of allylic oxidation sites excluding steroid dienone is 2. The van der Waals surface area contributed by atoms with Gasteiger partial charge < -0.3 is 5.32 Å². The molecule has 0 aromatic carbocycles. The van der Waals surface area contributed by atoms with Gasteiger partial charge in [0, 0.05) is 6.04 Å². The summed E-state index contributed by atoms with van der Waals surface area (Å²) in [5, 5.41) is 2.99. The van der Waals surface area contributed by atoms with Gasteiger partial charge in [0.15, 0.2) is 0 Å². The molecule has 1 N–H and O–H groups in total. The topological polar surface area (TPSA) is 12.0 Å². The van der Waals surface area contributed by atoms with Gasteiger partial charge in [0.25, 0.3) is 0 Å². The maximum atomic E-state index is 2.99. The van der Waals surface area contributed by atoms with Crippen LogP contribution in [0.25, 0.3) is 0 Å². The molecule has 37 valence electrons. The molecule has 1 nitrogen and oxygen atoms in total. The third-order valence-electron chi connectivity index (χ3n) is 0.890. The van der Waals surface area contributed by atoms with E-state index in [1.807, 2.05) is 12.2 Å². The third kappa shape index (κ3) is 1.07. The van der Waals surface area contributed by atoms with E-state index in [-0.39, 0.29) is 0 Å². The molecule has 0 bridgehead atoms. The summed E-state index contributed by atoms with van der Waals surface area (Å²) in [6.07, 6.45) is 8.80. The van der Waals surface area contributed by atoms with Crippen LogP contribution in [0.2, 0.25) is 0 Å². The van der Waals surface area contributed by atoms with Crippen molar-refractivity contribution < 1.29 is 0 Å². The molecule has 0 spiro atoms. The van der Waals surface area contributed by atoms with E-state index in [0.717, 1.165) is 0 Å². The average Bonchev–Trinajstić information content (AvgIpc) is 1.69. The van der Waals surface area contributed by atoms with Crippen LogP contribution in [0.3, 0.4) is 0 Å². The van der Waals surface area contributed by atoms with Gasteiger partial charge in [-0.15, -0.1) is 0 Å². The van der Waals surface area contributed by atoms with Crippen molar-refractivity contribution in [2.24, 2.45) is 0 Å². The third-order valence-corrected chi connectivity index (χ3v) is 0.890. The lowest BCUT2D eigenvalue weighted by Gasteiger charge is -2.06. The number of nitrogens with one attached hydrogen (secondary N) is 1. The summed E-state index contributed by atoms with van der Waals surface area (Å²) in [5.41, 5.74) is 0. The van der Waals surface area contributed by atoms with Crippen molar-refractivity contribution in [3.05, 3.63) is 24.4 Å². The second-order valence-corrected chi connectivity index (χ2v) is 1.63. The average molecular weight is 94.1 g/mol. The van der Waals surface area contributed by atoms with Crippen molar-refractivity contribution in [1.29, 1.82) is 0 Å². The van der Waals surface area contributed by atoms with Crippen LogP contribution >= 0.6 is 0 Å². The summed E-state index contributed by atoms with van der Waals surface area (Å²) in [6.45, 7) is 2.08. The summed E-state index contributed by atoms with van der Waals surface area (Å²) in [6, 6.07) is 0.463. The molecule has 0 unspecified atom stereocenters. The molecule has 0 amide bonds. The Labute approximate surface area is 43.7 Å². The Balaban J connectivity index is 2.49. The fourth-order valence-electron chi connectivity index (χ4n) is 0.498. The van der Waals surface area contributed by atoms with Crippen LogP contribution in [0.5, 0.6) is 0 Å². The zero-order valence-electron chi connectivity index (χ0n) is 4.31. The second-order valence-electron chi connectivity index (χ2n) is 1.63. The van der Waals surface area contributed by atoms with Crippen molar-refractivity contribution in [1.82, 2.24) is 5.32 Å². The molecule has 1 radical (unpaired) electrons. The quantitative estimate of drug-likeness (QED) is 0.469. The Kier molecular flexibility index (Phi) is 1.16. The Bertz CT molecular complexity index is 103. The molecule has 0 aromatic heterocycles. The van der Waals surface area contributed by atoms with Gasteiger partial charge in [-0.3, -0.25) is 0 Å². The van der Waals surface area contributed by atoms with Crippen LogP contribution in [0.15, 0.2) is 18.2 Å². The molecule has 1 heteroatoms. The van der Waals surface area contributed by atoms with Crippen molar-refractivity contribution in [3.8, 4) is 0 Å². The highest BCUT2D eigenvalue weighted by atomic mass is 14.9. The highest BCUT2D eigenvalue weighted by molar-refractivity contribution is 5.07. The van der Waals surface area contributed by atoms with E-state index in [2.05, 4.69) is 24.5 Å². The van der Waals surface area contributed by atoms with Crippen LogP contribution in [0, 0.1) is 6.20 Å². The molecular weight excluding hydrogens is 86.1 g/mol. The molecular formula is C6H8N. The van der Waals surface area contributed by atoms with Gasteiger partial charge in [-0.1, -0.05) is 12.2 Å². The van der Waals surface area contributed by atoms with Crippen molar-refractivity contribution in [3.63, 3.8) is 0 Å². The van der Waals surface area contributed by atoms with Gasteiger partial charge in [-0.05, 0) is 13.0 Å². The fraction of sp³-hybridized carbons (Fsp3) is 0.333. The molecule has 1 atom stereocenters. The first-order valence-corrected chi connectivity index (χ1v) is 2.40. The van der Waals surface area contributed by atoms with E-state index in [4.69, 9.17) is 0 Å². The molecule has 0 saturated heterocycles. The van der Waals surface area contributed by atoms with E-state index >= 15 is 0 Å². The predicted octanol–water partition coefficient (Wildman–Crippen LogP) is 0.851. The van der Waals surface area contributed by atoms with Crippen molar-refractivity contribution in [2.75, 3.05) is 0 Å². The fourth-order valence-corrected chi connectivity index (χ4v) is 0.498. The maximum absolute atomic E-state index is 2.99. The largest absolute Gasteiger partial charge is 0.377 e. The minimum atomic E-state index is 0.463. The molecule has 7 heavy (non-hydrogen) atoms. The highest BCUT2D eigenvalue weighted by Crippen LogP contribution is 1.89. The van der Waals surface area contributed by atoms with Crippen molar-refractivity contribution in [2.45, 2.75) is 13.0 Å². The lowest BCUT2D eigenvalue weighted by molar-refractivity contribution is 0.743. The Morgan fingerprint density at radius 2 is 2.57 bits per heavy atom. The lowest BCUT2D eigenvalue weighted by Crippen LogP contribution is -2.19. The van der Waals surface area contributed by atoms with Gasteiger partial charge in [0.05, 0.1) is 6.20 Å². The Morgan fingerprint density at radius 1 is 1.71 bits per heavy atom. The van der Waals surface area contributed by atoms with Gasteiger partial charge >= 0.3 is 0 Å². The Morgan fingerprint density at radius 3 is 2.86 bits per heavy atom. The summed E-state index contributed by atoms with van der Waals surface area (Å²) in [5.74, 6) is 0. The van der Waals surface area contributed by atoms with E-state index in [9.17, 15) is 0 Å². The first-order valence-electron chi connectivity index (χ1n) is 2.40. The lowest BCUT2D eigenvalue weighted by atomic mass is 10.2. The monoisotopic (exact) mass is 94.1 g/mol. The number of hydrogen-bond acceptors (Lipinski definition) is 1. The molecule has 1 aliphatic rings. The Hall–Kier alpha value is -0.720. The van der Waals surface area contributed by atoms with Crippen LogP contribution < -0.4 is 5.32 Å². The summed E-state index contributed by atoms with van der Waals surface area (Å²) in [7, 11) is 0. The minimum absolute atomic E-state index is 0.463. The smallest absolute Gasteiger partial charge is 0.0580 e. The number of rotatable bonds is 0. The first-order chi connectivity index (χ1) is 3.39. The molecule has 1 rings (SSSR count). The second kappa shape index (κ2) is 1.82. The first kappa shape index (κ1) is 4.44. The standard InChI is InChI=1S/C6H8N/c1-6-4-2-3-5-7-6/h2-4,6-7H,1H3/t6-/m1/s1. The van der Waals surface area contributed by atoms with E-state index in [1.165, 1.54) is 0 Å². The van der Waals surface area contributed by atoms with Crippen LogP contribution in [0.1, 0.15) is 6.92 Å². The van der Waals surface area contributed by atoms with E-state index in [1.54, 1.807) is 0 Å². The molecule has 0 fully saturated rings. The van der Waals surface area contributed by atoms with E-state index < -0.39 is 0 Å². The molecule has 0 aliphatic carbocycles. The summed E-state index contributed by atoms with van der Waals surface area (Å²) >= 11 is 0. The molecule has 0 aromatic rings. The highest BCUT2D eigenvalue weighted by Gasteiger charge is 1.91. The van der Waals surface area contributed by atoms with Gasteiger partial charge in [0.2, 0.25) is 0 Å². The normalized spacial score (nSPS) is 27.3. The van der Waals surface area contributed by atoms with Gasteiger partial charge in [0.1, 0.15) is 0 Å². The molecule has 1 aliphatic heterocycles. The van der Waals surface area contributed by atoms with Gasteiger partial charge in [-0.2, -0.15) is 0 Å². The van der Waals surface area contributed by atoms with Crippen LogP contribution in [0.4, 0.5) is 0 Å². The molecule has 1 heterocycles. The number of dihydropyridines is 1. The zero-order valence-corrected chi connectivity index (χ0v) is 4.31. The maximum Gasteiger partial charge on any atom is 0.0580 e. The number of hydrogen-bond donors (Lipinski definition) is 1.